The predicted molar refractivity (Wildman–Crippen MR) is 123 cm³/mol. The number of rotatable bonds is 19. The number of unbranched alkanes of at least 4 members (excludes halogenated alkanes) is 6. The van der Waals surface area contributed by atoms with Crippen molar-refractivity contribution in [1.29, 1.82) is 0 Å². The summed E-state index contributed by atoms with van der Waals surface area (Å²) < 4.78 is 59.1. The van der Waals surface area contributed by atoms with Crippen LogP contribution in [-0.2, 0) is 20.6 Å². The predicted octanol–water partition coefficient (Wildman–Crippen LogP) is 7.95. The van der Waals surface area contributed by atoms with E-state index in [1.807, 2.05) is 20.8 Å². The van der Waals surface area contributed by atoms with E-state index in [0.29, 0.717) is 26.2 Å². The highest BCUT2D eigenvalue weighted by Gasteiger charge is 2.41. The lowest BCUT2D eigenvalue weighted by Crippen LogP contribution is -2.46. The topological polar surface area (TPSA) is 27.7 Å². The molecule has 0 N–H and O–H groups in total. The van der Waals surface area contributed by atoms with Crippen LogP contribution < -0.4 is 0 Å². The van der Waals surface area contributed by atoms with Crippen molar-refractivity contribution in [1.82, 2.24) is 0 Å². The van der Waals surface area contributed by atoms with Crippen LogP contribution in [0.3, 0.4) is 0 Å². The maximum atomic E-state index is 13.9. The Hall–Kier alpha value is -1.11. The van der Waals surface area contributed by atoms with Gasteiger partial charge in [-0.15, -0.1) is 0 Å². The van der Waals surface area contributed by atoms with Gasteiger partial charge in [0.25, 0.3) is 5.97 Å². The Balaban J connectivity index is 2.78. The Morgan fingerprint density at radius 3 is 1.66 bits per heavy atom. The molecule has 6 heteroatoms. The molecule has 0 aromatic heterocycles. The molecule has 0 heterocycles. The van der Waals surface area contributed by atoms with Gasteiger partial charge in [-0.1, -0.05) is 51.9 Å². The monoisotopic (exact) mass is 460 g/mol. The fourth-order valence-corrected chi connectivity index (χ4v) is 4.25. The van der Waals surface area contributed by atoms with Crippen molar-refractivity contribution in [2.75, 3.05) is 19.8 Å². The van der Waals surface area contributed by atoms with Crippen LogP contribution in [0.4, 0.5) is 13.2 Å². The van der Waals surface area contributed by atoms with Crippen LogP contribution in [-0.4, -0.2) is 25.8 Å². The molecule has 0 aliphatic heterocycles. The number of halogens is 3. The van der Waals surface area contributed by atoms with E-state index >= 15 is 0 Å². The van der Waals surface area contributed by atoms with Crippen molar-refractivity contribution < 1.29 is 27.4 Å². The zero-order valence-electron chi connectivity index (χ0n) is 20.5. The first-order valence-corrected chi connectivity index (χ1v) is 12.5. The van der Waals surface area contributed by atoms with Crippen LogP contribution in [0.25, 0.3) is 0 Å². The number of ether oxygens (including phenoxy) is 3. The third kappa shape index (κ3) is 9.80. The molecule has 0 aliphatic carbocycles. The van der Waals surface area contributed by atoms with Crippen molar-refractivity contribution in [3.63, 3.8) is 0 Å². The Morgan fingerprint density at radius 2 is 1.16 bits per heavy atom. The van der Waals surface area contributed by atoms with E-state index in [-0.39, 0.29) is 17.9 Å². The molecule has 0 saturated carbocycles. The van der Waals surface area contributed by atoms with E-state index in [4.69, 9.17) is 14.2 Å². The lowest BCUT2D eigenvalue weighted by molar-refractivity contribution is -0.403. The van der Waals surface area contributed by atoms with E-state index in [2.05, 4.69) is 6.92 Å². The van der Waals surface area contributed by atoms with Crippen LogP contribution >= 0.6 is 0 Å². The van der Waals surface area contributed by atoms with E-state index in [9.17, 15) is 13.2 Å². The summed E-state index contributed by atoms with van der Waals surface area (Å²) in [5, 5.41) is 0. The molecule has 0 saturated heterocycles. The van der Waals surface area contributed by atoms with Gasteiger partial charge < -0.3 is 14.2 Å². The molecule has 1 rings (SSSR count). The van der Waals surface area contributed by atoms with Crippen LogP contribution in [0, 0.1) is 23.4 Å². The summed E-state index contributed by atoms with van der Waals surface area (Å²) in [6.45, 7) is 9.40. The molecular weight excluding hydrogens is 417 g/mol. The first kappa shape index (κ1) is 28.9. The average molecular weight is 461 g/mol. The molecule has 32 heavy (non-hydrogen) atoms. The maximum Gasteiger partial charge on any atom is 0.285 e. The van der Waals surface area contributed by atoms with Crippen molar-refractivity contribution >= 4 is 0 Å². The zero-order valence-corrected chi connectivity index (χ0v) is 20.5. The standard InChI is InChI=1S/C26H43F3O3/c1-5-9-10-11-12-13-16-21(26(30-6-2,31-7-3)32-8-4)17-14-15-18-23-24(28)19-22(27)20-25(23)29/h19-21H,5-18H2,1-4H3. The highest BCUT2D eigenvalue weighted by molar-refractivity contribution is 5.20. The number of hydrogen-bond donors (Lipinski definition) is 0. The van der Waals surface area contributed by atoms with Gasteiger partial charge in [-0.2, -0.15) is 0 Å². The average Bonchev–Trinajstić information content (AvgIpc) is 2.73. The summed E-state index contributed by atoms with van der Waals surface area (Å²) in [5.74, 6) is -3.60. The molecule has 186 valence electrons. The van der Waals surface area contributed by atoms with Gasteiger partial charge in [0, 0.05) is 43.4 Å². The highest BCUT2D eigenvalue weighted by Crippen LogP contribution is 2.34. The Labute approximate surface area is 193 Å². The van der Waals surface area contributed by atoms with Gasteiger partial charge in [0.1, 0.15) is 17.5 Å². The molecule has 0 amide bonds. The summed E-state index contributed by atoms with van der Waals surface area (Å²) in [6.07, 6.45) is 10.4. The molecule has 1 atom stereocenters. The molecule has 0 aliphatic rings. The smallest absolute Gasteiger partial charge is 0.285 e. The van der Waals surface area contributed by atoms with Gasteiger partial charge in [-0.25, -0.2) is 13.2 Å². The molecular formula is C26H43F3O3. The summed E-state index contributed by atoms with van der Waals surface area (Å²) in [5.41, 5.74) is -0.0513. The lowest BCUT2D eigenvalue weighted by Gasteiger charge is -2.39. The van der Waals surface area contributed by atoms with Crippen molar-refractivity contribution in [2.45, 2.75) is 104 Å². The minimum absolute atomic E-state index is 0.0245. The number of hydrogen-bond acceptors (Lipinski definition) is 3. The van der Waals surface area contributed by atoms with Gasteiger partial charge in [-0.3, -0.25) is 0 Å². The van der Waals surface area contributed by atoms with Gasteiger partial charge in [0.05, 0.1) is 0 Å². The van der Waals surface area contributed by atoms with Crippen LogP contribution in [0.2, 0.25) is 0 Å². The summed E-state index contributed by atoms with van der Waals surface area (Å²) in [6, 6.07) is 1.48. The highest BCUT2D eigenvalue weighted by atomic mass is 19.1. The Morgan fingerprint density at radius 1 is 0.688 bits per heavy atom. The molecule has 0 fully saturated rings. The van der Waals surface area contributed by atoms with Gasteiger partial charge in [0.15, 0.2) is 0 Å². The SMILES string of the molecule is CCCCCCCCC(CCCCc1c(F)cc(F)cc1F)C(OCC)(OCC)OCC. The minimum atomic E-state index is -1.09. The second kappa shape index (κ2) is 16.5. The Kier molecular flexibility index (Phi) is 14.9. The first-order chi connectivity index (χ1) is 15.4. The second-order valence-electron chi connectivity index (χ2n) is 8.25. The zero-order chi connectivity index (χ0) is 23.8. The fraction of sp³-hybridized carbons (Fsp3) is 0.769. The fourth-order valence-electron chi connectivity index (χ4n) is 4.25. The van der Waals surface area contributed by atoms with E-state index < -0.39 is 23.4 Å². The van der Waals surface area contributed by atoms with Crippen LogP contribution in [0.5, 0.6) is 0 Å². The summed E-state index contributed by atoms with van der Waals surface area (Å²) in [7, 11) is 0. The first-order valence-electron chi connectivity index (χ1n) is 12.5. The van der Waals surface area contributed by atoms with Gasteiger partial charge in [-0.05, 0) is 46.5 Å². The van der Waals surface area contributed by atoms with E-state index in [0.717, 1.165) is 44.2 Å². The van der Waals surface area contributed by atoms with Crippen molar-refractivity contribution in [3.05, 3.63) is 35.1 Å². The Bertz CT molecular complexity index is 584. The molecule has 3 nitrogen and oxygen atoms in total. The normalized spacial score (nSPS) is 13.0. The molecule has 0 radical (unpaired) electrons. The molecule has 1 unspecified atom stereocenters. The molecule has 0 spiro atoms. The van der Waals surface area contributed by atoms with Crippen molar-refractivity contribution in [3.8, 4) is 0 Å². The molecule has 0 bridgehead atoms. The van der Waals surface area contributed by atoms with E-state index in [1.165, 1.54) is 25.7 Å². The van der Waals surface area contributed by atoms with Crippen LogP contribution in [0.1, 0.15) is 97.5 Å². The third-order valence-electron chi connectivity index (χ3n) is 5.78. The van der Waals surface area contributed by atoms with Gasteiger partial charge in [0.2, 0.25) is 0 Å². The minimum Gasteiger partial charge on any atom is -0.328 e. The number of benzene rings is 1. The largest absolute Gasteiger partial charge is 0.328 e. The van der Waals surface area contributed by atoms with Crippen LogP contribution in [0.15, 0.2) is 12.1 Å². The summed E-state index contributed by atoms with van der Waals surface area (Å²) in [4.78, 5) is 0. The molecule has 1 aromatic rings. The quantitative estimate of drug-likeness (QED) is 0.155. The van der Waals surface area contributed by atoms with Crippen molar-refractivity contribution in [2.24, 2.45) is 5.92 Å². The second-order valence-corrected chi connectivity index (χ2v) is 8.25. The van der Waals surface area contributed by atoms with Gasteiger partial charge >= 0.3 is 0 Å². The third-order valence-corrected chi connectivity index (χ3v) is 5.78. The lowest BCUT2D eigenvalue weighted by atomic mass is 9.91. The molecule has 1 aromatic carbocycles. The van der Waals surface area contributed by atoms with E-state index in [1.54, 1.807) is 0 Å². The maximum absolute atomic E-state index is 13.9. The summed E-state index contributed by atoms with van der Waals surface area (Å²) >= 11 is 0.